The molecule has 0 aromatic heterocycles. The molecule has 16 heavy (non-hydrogen) atoms. The van der Waals surface area contributed by atoms with Crippen LogP contribution in [-0.4, -0.2) is 19.2 Å². The zero-order chi connectivity index (χ0) is 11.5. The van der Waals surface area contributed by atoms with Gasteiger partial charge in [0.1, 0.15) is 0 Å². The number of benzene rings is 1. The van der Waals surface area contributed by atoms with Crippen LogP contribution in [0.3, 0.4) is 0 Å². The standard InChI is InChI=1S/C14H21NO/c1-15(2)13-8-6-12(7-9-13)14(16)10-5-11-3-4-11/h6-9,11,14,16H,3-5,10H2,1-2H3. The highest BCUT2D eigenvalue weighted by molar-refractivity contribution is 5.46. The van der Waals surface area contributed by atoms with Crippen LogP contribution >= 0.6 is 0 Å². The maximum absolute atomic E-state index is 10.0. The summed E-state index contributed by atoms with van der Waals surface area (Å²) in [5.74, 6) is 0.899. The number of hydrogen-bond acceptors (Lipinski definition) is 2. The Morgan fingerprint density at radius 3 is 2.38 bits per heavy atom. The molecule has 1 fully saturated rings. The number of rotatable bonds is 5. The van der Waals surface area contributed by atoms with Crippen LogP contribution in [-0.2, 0) is 0 Å². The first-order valence-corrected chi connectivity index (χ1v) is 6.12. The van der Waals surface area contributed by atoms with Crippen molar-refractivity contribution in [2.45, 2.75) is 31.8 Å². The fraction of sp³-hybridized carbons (Fsp3) is 0.571. The molecule has 0 spiro atoms. The van der Waals surface area contributed by atoms with Crippen LogP contribution in [0, 0.1) is 5.92 Å². The van der Waals surface area contributed by atoms with E-state index >= 15 is 0 Å². The highest BCUT2D eigenvalue weighted by Crippen LogP contribution is 2.35. The van der Waals surface area contributed by atoms with Crippen LogP contribution in [0.2, 0.25) is 0 Å². The Bertz CT molecular complexity index is 327. The van der Waals surface area contributed by atoms with E-state index in [4.69, 9.17) is 0 Å². The van der Waals surface area contributed by atoms with E-state index in [1.165, 1.54) is 24.9 Å². The van der Waals surface area contributed by atoms with Crippen LogP contribution in [0.4, 0.5) is 5.69 Å². The van der Waals surface area contributed by atoms with Gasteiger partial charge in [-0.25, -0.2) is 0 Å². The number of aliphatic hydroxyl groups is 1. The van der Waals surface area contributed by atoms with Crippen molar-refractivity contribution in [1.82, 2.24) is 0 Å². The molecule has 2 nitrogen and oxygen atoms in total. The van der Waals surface area contributed by atoms with Crippen molar-refractivity contribution in [3.8, 4) is 0 Å². The topological polar surface area (TPSA) is 23.5 Å². The molecule has 0 bridgehead atoms. The molecule has 88 valence electrons. The van der Waals surface area contributed by atoms with Crippen molar-refractivity contribution in [3.63, 3.8) is 0 Å². The third-order valence-electron chi connectivity index (χ3n) is 3.34. The molecule has 0 heterocycles. The third-order valence-corrected chi connectivity index (χ3v) is 3.34. The second kappa shape index (κ2) is 4.88. The van der Waals surface area contributed by atoms with Crippen molar-refractivity contribution in [2.24, 2.45) is 5.92 Å². The summed E-state index contributed by atoms with van der Waals surface area (Å²) in [6.45, 7) is 0. The van der Waals surface area contributed by atoms with Gasteiger partial charge in [0.25, 0.3) is 0 Å². The Kier molecular flexibility index (Phi) is 3.49. The van der Waals surface area contributed by atoms with Crippen molar-refractivity contribution in [1.29, 1.82) is 0 Å². The number of aliphatic hydroxyl groups excluding tert-OH is 1. The fourth-order valence-corrected chi connectivity index (χ4v) is 1.96. The van der Waals surface area contributed by atoms with Crippen molar-refractivity contribution >= 4 is 5.69 Å². The summed E-state index contributed by atoms with van der Waals surface area (Å²) in [5.41, 5.74) is 2.23. The average molecular weight is 219 g/mol. The quantitative estimate of drug-likeness (QED) is 0.823. The molecule has 0 radical (unpaired) electrons. The number of hydrogen-bond donors (Lipinski definition) is 1. The molecule has 2 heteroatoms. The molecule has 1 N–H and O–H groups in total. The number of anilines is 1. The molecule has 1 aliphatic carbocycles. The van der Waals surface area contributed by atoms with Gasteiger partial charge in [0.15, 0.2) is 0 Å². The van der Waals surface area contributed by atoms with Crippen LogP contribution in [0.5, 0.6) is 0 Å². The molecule has 0 aliphatic heterocycles. The Morgan fingerprint density at radius 1 is 1.25 bits per heavy atom. The first kappa shape index (κ1) is 11.5. The SMILES string of the molecule is CN(C)c1ccc(C(O)CCC2CC2)cc1. The lowest BCUT2D eigenvalue weighted by Crippen LogP contribution is -2.08. The Hall–Kier alpha value is -1.02. The Morgan fingerprint density at radius 2 is 1.88 bits per heavy atom. The average Bonchev–Trinajstić information content (AvgIpc) is 3.10. The molecule has 0 amide bonds. The zero-order valence-corrected chi connectivity index (χ0v) is 10.2. The summed E-state index contributed by atoms with van der Waals surface area (Å²) in [4.78, 5) is 2.07. The van der Waals surface area contributed by atoms with E-state index in [1.54, 1.807) is 0 Å². The molecular weight excluding hydrogens is 198 g/mol. The van der Waals surface area contributed by atoms with Gasteiger partial charge in [-0.1, -0.05) is 25.0 Å². The summed E-state index contributed by atoms with van der Waals surface area (Å²) in [6, 6.07) is 8.20. The van der Waals surface area contributed by atoms with Gasteiger partial charge in [-0.05, 0) is 36.5 Å². The summed E-state index contributed by atoms with van der Waals surface area (Å²) in [6.07, 6.45) is 4.54. The molecule has 0 saturated heterocycles. The second-order valence-electron chi connectivity index (χ2n) is 5.02. The second-order valence-corrected chi connectivity index (χ2v) is 5.02. The molecule has 1 atom stereocenters. The lowest BCUT2D eigenvalue weighted by atomic mass is 10.0. The predicted molar refractivity (Wildman–Crippen MR) is 67.7 cm³/mol. The minimum atomic E-state index is -0.281. The molecule has 1 aromatic carbocycles. The van der Waals surface area contributed by atoms with Crippen LogP contribution in [0.25, 0.3) is 0 Å². The van der Waals surface area contributed by atoms with Crippen molar-refractivity contribution < 1.29 is 5.11 Å². The zero-order valence-electron chi connectivity index (χ0n) is 10.2. The highest BCUT2D eigenvalue weighted by Gasteiger charge is 2.22. The van der Waals surface area contributed by atoms with Crippen molar-refractivity contribution in [3.05, 3.63) is 29.8 Å². The van der Waals surface area contributed by atoms with Gasteiger partial charge in [-0.2, -0.15) is 0 Å². The molecule has 1 aromatic rings. The monoisotopic (exact) mass is 219 g/mol. The van der Waals surface area contributed by atoms with E-state index < -0.39 is 0 Å². The van der Waals surface area contributed by atoms with E-state index in [1.807, 2.05) is 26.2 Å². The fourth-order valence-electron chi connectivity index (χ4n) is 1.96. The largest absolute Gasteiger partial charge is 0.388 e. The van der Waals surface area contributed by atoms with E-state index in [0.29, 0.717) is 0 Å². The smallest absolute Gasteiger partial charge is 0.0790 e. The first-order chi connectivity index (χ1) is 7.66. The third kappa shape index (κ3) is 2.99. The summed E-state index contributed by atoms with van der Waals surface area (Å²) < 4.78 is 0. The first-order valence-electron chi connectivity index (χ1n) is 6.12. The lowest BCUT2D eigenvalue weighted by Gasteiger charge is -2.15. The molecule has 2 rings (SSSR count). The van der Waals surface area contributed by atoms with Gasteiger partial charge >= 0.3 is 0 Å². The summed E-state index contributed by atoms with van der Waals surface area (Å²) in [7, 11) is 4.05. The van der Waals surface area contributed by atoms with Gasteiger partial charge in [-0.3, -0.25) is 0 Å². The Labute approximate surface area is 97.9 Å². The van der Waals surface area contributed by atoms with Crippen LogP contribution < -0.4 is 4.90 Å². The maximum Gasteiger partial charge on any atom is 0.0790 e. The molecule has 1 unspecified atom stereocenters. The highest BCUT2D eigenvalue weighted by atomic mass is 16.3. The van der Waals surface area contributed by atoms with Gasteiger partial charge in [-0.15, -0.1) is 0 Å². The molecular formula is C14H21NO. The summed E-state index contributed by atoms with van der Waals surface area (Å²) in [5, 5.41) is 10.0. The van der Waals surface area contributed by atoms with Crippen molar-refractivity contribution in [2.75, 3.05) is 19.0 Å². The predicted octanol–water partition coefficient (Wildman–Crippen LogP) is 2.98. The minimum absolute atomic E-state index is 0.281. The van der Waals surface area contributed by atoms with E-state index in [-0.39, 0.29) is 6.10 Å². The van der Waals surface area contributed by atoms with Gasteiger partial charge in [0.2, 0.25) is 0 Å². The van der Waals surface area contributed by atoms with Crippen LogP contribution in [0.15, 0.2) is 24.3 Å². The van der Waals surface area contributed by atoms with E-state index in [0.717, 1.165) is 17.9 Å². The van der Waals surface area contributed by atoms with Gasteiger partial charge in [0, 0.05) is 19.8 Å². The molecule has 1 aliphatic rings. The number of nitrogens with zero attached hydrogens (tertiary/aromatic N) is 1. The summed E-state index contributed by atoms with van der Waals surface area (Å²) >= 11 is 0. The maximum atomic E-state index is 10.0. The normalized spacial score (nSPS) is 17.2. The lowest BCUT2D eigenvalue weighted by molar-refractivity contribution is 0.162. The minimum Gasteiger partial charge on any atom is -0.388 e. The van der Waals surface area contributed by atoms with E-state index in [9.17, 15) is 5.11 Å². The van der Waals surface area contributed by atoms with Gasteiger partial charge < -0.3 is 10.0 Å². The Balaban J connectivity index is 1.91. The van der Waals surface area contributed by atoms with Crippen LogP contribution in [0.1, 0.15) is 37.4 Å². The van der Waals surface area contributed by atoms with Gasteiger partial charge in [0.05, 0.1) is 6.10 Å². The molecule has 1 saturated carbocycles. The van der Waals surface area contributed by atoms with E-state index in [2.05, 4.69) is 17.0 Å².